The maximum atomic E-state index is 17.7. The number of fused-ring (bicyclic) bond motifs is 5. The molecule has 0 saturated heterocycles. The molecule has 0 aliphatic heterocycles. The molecule has 4 aliphatic carbocycles. The van der Waals surface area contributed by atoms with E-state index in [1.165, 1.54) is 32.9 Å². The summed E-state index contributed by atoms with van der Waals surface area (Å²) >= 11 is 0. The number of Topliss-reactive ketones (excluding diaryl/α,β-unsaturated/α-hetero) is 1. The number of carbonyl (C=O) groups is 4. The van der Waals surface area contributed by atoms with Crippen LogP contribution in [0.1, 0.15) is 67.2 Å². The summed E-state index contributed by atoms with van der Waals surface area (Å²) in [5.74, 6) is -2.49. The Bertz CT molecular complexity index is 999. The Balaban J connectivity index is 1.92. The molecule has 0 heterocycles. The molecule has 0 radical (unpaired) electrons. The second-order valence-electron chi connectivity index (χ2n) is 10.9. The van der Waals surface area contributed by atoms with E-state index in [-0.39, 0.29) is 29.8 Å². The van der Waals surface area contributed by atoms with Crippen molar-refractivity contribution in [3.63, 3.8) is 0 Å². The van der Waals surface area contributed by atoms with E-state index in [0.717, 1.165) is 0 Å². The van der Waals surface area contributed by atoms with Gasteiger partial charge < -0.3 is 9.47 Å². The molecule has 3 saturated carbocycles. The smallest absolute Gasteiger partial charge is 0.303 e. The zero-order valence-corrected chi connectivity index (χ0v) is 20.2. The van der Waals surface area contributed by atoms with E-state index in [9.17, 15) is 19.2 Å². The summed E-state index contributed by atoms with van der Waals surface area (Å²) in [6, 6.07) is 0. The Kier molecular flexibility index (Phi) is 5.30. The molecule has 0 bridgehead atoms. The average molecular weight is 461 g/mol. The van der Waals surface area contributed by atoms with Crippen molar-refractivity contribution in [3.05, 3.63) is 23.8 Å². The van der Waals surface area contributed by atoms with Gasteiger partial charge in [0.2, 0.25) is 0 Å². The number of carbonyl (C=O) groups excluding carboxylic acids is 4. The SMILES string of the molecule is CC(=O)O[C@H]1C[C@@]2(C)[C@@H](CCC2(OC(C)=O)C(C)=O)[C@@H]2C[C@H](C)C3=CC(=O)C=C[C@]3(C)[C@@]12F. The first-order valence-electron chi connectivity index (χ1n) is 11.7. The van der Waals surface area contributed by atoms with Crippen LogP contribution in [0, 0.1) is 28.6 Å². The van der Waals surface area contributed by atoms with Crippen molar-refractivity contribution in [3.8, 4) is 0 Å². The molecule has 0 aromatic heterocycles. The Morgan fingerprint density at radius 3 is 2.33 bits per heavy atom. The summed E-state index contributed by atoms with van der Waals surface area (Å²) in [5.41, 5.74) is -4.67. The van der Waals surface area contributed by atoms with Gasteiger partial charge in [-0.2, -0.15) is 0 Å². The average Bonchev–Trinajstić information content (AvgIpc) is 2.98. The van der Waals surface area contributed by atoms with Gasteiger partial charge in [-0.25, -0.2) is 4.39 Å². The Labute approximate surface area is 193 Å². The molecule has 0 amide bonds. The lowest BCUT2D eigenvalue weighted by atomic mass is 9.43. The van der Waals surface area contributed by atoms with Gasteiger partial charge in [0.1, 0.15) is 6.10 Å². The number of halogens is 1. The number of hydrogen-bond donors (Lipinski definition) is 0. The van der Waals surface area contributed by atoms with Crippen LogP contribution >= 0.6 is 0 Å². The van der Waals surface area contributed by atoms with Crippen molar-refractivity contribution >= 4 is 23.5 Å². The van der Waals surface area contributed by atoms with Gasteiger partial charge >= 0.3 is 11.9 Å². The topological polar surface area (TPSA) is 86.7 Å². The van der Waals surface area contributed by atoms with Crippen LogP contribution in [0.2, 0.25) is 0 Å². The largest absolute Gasteiger partial charge is 0.459 e. The minimum absolute atomic E-state index is 0.0517. The second kappa shape index (κ2) is 7.34. The van der Waals surface area contributed by atoms with E-state index in [1.54, 1.807) is 13.0 Å². The number of ether oxygens (including phenoxy) is 2. The maximum Gasteiger partial charge on any atom is 0.303 e. The van der Waals surface area contributed by atoms with Crippen molar-refractivity contribution < 1.29 is 33.0 Å². The van der Waals surface area contributed by atoms with Gasteiger partial charge in [-0.3, -0.25) is 19.2 Å². The summed E-state index contributed by atoms with van der Waals surface area (Å²) < 4.78 is 29.1. The van der Waals surface area contributed by atoms with Crippen molar-refractivity contribution in [2.45, 2.75) is 84.6 Å². The van der Waals surface area contributed by atoms with E-state index in [4.69, 9.17) is 9.47 Å². The number of hydrogen-bond acceptors (Lipinski definition) is 6. The Morgan fingerprint density at radius 1 is 1.09 bits per heavy atom. The first kappa shape index (κ1) is 23.8. The lowest BCUT2D eigenvalue weighted by Crippen LogP contribution is -2.70. The number of alkyl halides is 1. The van der Waals surface area contributed by atoms with Crippen LogP contribution in [0.4, 0.5) is 4.39 Å². The zero-order valence-electron chi connectivity index (χ0n) is 20.2. The predicted molar refractivity (Wildman–Crippen MR) is 118 cm³/mol. The molecule has 0 aromatic rings. The van der Waals surface area contributed by atoms with Gasteiger partial charge in [0.25, 0.3) is 0 Å². The van der Waals surface area contributed by atoms with Crippen molar-refractivity contribution in [2.24, 2.45) is 28.6 Å². The molecular weight excluding hydrogens is 427 g/mol. The summed E-state index contributed by atoms with van der Waals surface area (Å²) in [7, 11) is 0. The van der Waals surface area contributed by atoms with E-state index in [0.29, 0.717) is 24.8 Å². The van der Waals surface area contributed by atoms with Crippen LogP contribution in [0.25, 0.3) is 0 Å². The minimum Gasteiger partial charge on any atom is -0.459 e. The molecule has 33 heavy (non-hydrogen) atoms. The summed E-state index contributed by atoms with van der Waals surface area (Å²) in [5, 5.41) is 0. The summed E-state index contributed by atoms with van der Waals surface area (Å²) in [4.78, 5) is 49.4. The highest BCUT2D eigenvalue weighted by Gasteiger charge is 2.76. The van der Waals surface area contributed by atoms with E-state index in [2.05, 4.69) is 0 Å². The molecule has 8 atom stereocenters. The number of esters is 2. The Morgan fingerprint density at radius 2 is 1.76 bits per heavy atom. The van der Waals surface area contributed by atoms with E-state index >= 15 is 4.39 Å². The third-order valence-electron chi connectivity index (χ3n) is 9.26. The van der Waals surface area contributed by atoms with Gasteiger partial charge in [0.05, 0.1) is 0 Å². The molecule has 7 heteroatoms. The third-order valence-corrected chi connectivity index (χ3v) is 9.26. The van der Waals surface area contributed by atoms with Gasteiger partial charge in [-0.05, 0) is 63.5 Å². The molecule has 4 aliphatic rings. The summed E-state index contributed by atoms with van der Waals surface area (Å²) in [6.45, 7) is 9.58. The Hall–Kier alpha value is -2.31. The molecule has 180 valence electrons. The van der Waals surface area contributed by atoms with E-state index < -0.39 is 46.1 Å². The molecular formula is C26H33FO6. The van der Waals surface area contributed by atoms with Crippen LogP contribution in [0.15, 0.2) is 23.8 Å². The van der Waals surface area contributed by atoms with Crippen LogP contribution in [0.3, 0.4) is 0 Å². The normalized spacial score (nSPS) is 45.9. The predicted octanol–water partition coefficient (Wildman–Crippen LogP) is 4.06. The molecule has 0 aromatic carbocycles. The lowest BCUT2D eigenvalue weighted by molar-refractivity contribution is -0.234. The second-order valence-corrected chi connectivity index (χ2v) is 10.9. The van der Waals surface area contributed by atoms with Gasteiger partial charge in [0, 0.05) is 30.6 Å². The van der Waals surface area contributed by atoms with Crippen LogP contribution in [-0.2, 0) is 28.7 Å². The number of rotatable bonds is 3. The van der Waals surface area contributed by atoms with Crippen molar-refractivity contribution in [1.82, 2.24) is 0 Å². The highest BCUT2D eigenvalue weighted by Crippen LogP contribution is 2.71. The van der Waals surface area contributed by atoms with Crippen LogP contribution in [-0.4, -0.2) is 40.9 Å². The molecule has 6 nitrogen and oxygen atoms in total. The molecule has 1 unspecified atom stereocenters. The molecule has 0 spiro atoms. The number of allylic oxidation sites excluding steroid dienone is 4. The lowest BCUT2D eigenvalue weighted by Gasteiger charge is -2.64. The summed E-state index contributed by atoms with van der Waals surface area (Å²) in [6.07, 6.45) is 4.72. The monoisotopic (exact) mass is 460 g/mol. The van der Waals surface area contributed by atoms with Crippen molar-refractivity contribution in [1.29, 1.82) is 0 Å². The fourth-order valence-electron chi connectivity index (χ4n) is 7.94. The fourth-order valence-corrected chi connectivity index (χ4v) is 7.94. The maximum absolute atomic E-state index is 17.7. The highest BCUT2D eigenvalue weighted by atomic mass is 19.1. The van der Waals surface area contributed by atoms with Crippen LogP contribution in [0.5, 0.6) is 0 Å². The molecule has 3 fully saturated rings. The first-order valence-corrected chi connectivity index (χ1v) is 11.7. The quantitative estimate of drug-likeness (QED) is 0.590. The molecule has 4 rings (SSSR count). The standard InChI is InChI=1S/C26H33FO6/c1-14-11-21-19-8-10-25(15(2)28,33-17(4)30)24(19,6)13-22(32-16(3)29)26(21,27)23(5)9-7-18(31)12-20(14)23/h7,9,12,14,19,21-22H,8,10-11,13H2,1-6H3/t14-,19-,21-,22-,23-,24-,25?,26-/m0/s1. The highest BCUT2D eigenvalue weighted by molar-refractivity contribution is 6.01. The fraction of sp³-hybridized carbons (Fsp3) is 0.692. The van der Waals surface area contributed by atoms with E-state index in [1.807, 2.05) is 13.8 Å². The number of ketones is 2. The third kappa shape index (κ3) is 2.96. The van der Waals surface area contributed by atoms with Crippen LogP contribution < -0.4 is 0 Å². The first-order chi connectivity index (χ1) is 15.2. The zero-order chi connectivity index (χ0) is 24.6. The minimum atomic E-state index is -1.97. The molecule has 0 N–H and O–H groups in total. The van der Waals surface area contributed by atoms with Crippen molar-refractivity contribution in [2.75, 3.05) is 0 Å². The van der Waals surface area contributed by atoms with Gasteiger partial charge in [-0.15, -0.1) is 0 Å². The van der Waals surface area contributed by atoms with Gasteiger partial charge in [-0.1, -0.05) is 25.5 Å². The van der Waals surface area contributed by atoms with Gasteiger partial charge in [0.15, 0.2) is 22.8 Å².